The largest absolute Gasteiger partial charge is 0.493 e. The number of amides is 1. The summed E-state index contributed by atoms with van der Waals surface area (Å²) < 4.78 is 36.7. The number of rotatable bonds is 9. The van der Waals surface area contributed by atoms with Crippen LogP contribution in [-0.4, -0.2) is 33.8 Å². The van der Waals surface area contributed by atoms with Crippen molar-refractivity contribution in [3.05, 3.63) is 52.6 Å². The van der Waals surface area contributed by atoms with Gasteiger partial charge in [-0.25, -0.2) is 8.42 Å². The second-order valence-electron chi connectivity index (χ2n) is 6.32. The van der Waals surface area contributed by atoms with E-state index in [0.717, 1.165) is 0 Å². The molecule has 0 radical (unpaired) electrons. The number of benzene rings is 2. The molecule has 0 aliphatic carbocycles. The molecule has 0 bridgehead atoms. The standard InChI is InChI=1S/C21H25ClN2O5S/c1-5-29-21-17(22)12-15(13-19(21)28-4)7-10-20(25)23-16-8-9-18(14(3)11-16)24-30(26,27)6-2/h7-13,24H,5-6H2,1-4H3,(H,23,25). The van der Waals surface area contributed by atoms with Gasteiger partial charge in [0.2, 0.25) is 15.9 Å². The third-order valence-electron chi connectivity index (χ3n) is 4.11. The molecule has 0 unspecified atom stereocenters. The van der Waals surface area contributed by atoms with Gasteiger partial charge in [-0.05, 0) is 68.3 Å². The van der Waals surface area contributed by atoms with Crippen molar-refractivity contribution in [2.24, 2.45) is 0 Å². The Kier molecular flexibility index (Phi) is 8.14. The van der Waals surface area contributed by atoms with Crippen LogP contribution in [0.1, 0.15) is 25.0 Å². The number of anilines is 2. The van der Waals surface area contributed by atoms with Gasteiger partial charge < -0.3 is 14.8 Å². The lowest BCUT2D eigenvalue weighted by atomic mass is 10.1. The molecule has 30 heavy (non-hydrogen) atoms. The summed E-state index contributed by atoms with van der Waals surface area (Å²) in [5.74, 6) is 0.568. The van der Waals surface area contributed by atoms with E-state index in [1.54, 1.807) is 50.3 Å². The van der Waals surface area contributed by atoms with Gasteiger partial charge in [-0.3, -0.25) is 9.52 Å². The molecule has 0 aliphatic heterocycles. The van der Waals surface area contributed by atoms with Crippen LogP contribution in [-0.2, 0) is 14.8 Å². The zero-order valence-corrected chi connectivity index (χ0v) is 18.9. The topological polar surface area (TPSA) is 93.7 Å². The average molecular weight is 453 g/mol. The van der Waals surface area contributed by atoms with Crippen LogP contribution < -0.4 is 19.5 Å². The number of aryl methyl sites for hydroxylation is 1. The van der Waals surface area contributed by atoms with Gasteiger partial charge in [0.1, 0.15) is 0 Å². The predicted molar refractivity (Wildman–Crippen MR) is 121 cm³/mol. The van der Waals surface area contributed by atoms with Crippen molar-refractivity contribution < 1.29 is 22.7 Å². The van der Waals surface area contributed by atoms with Gasteiger partial charge in [0.25, 0.3) is 0 Å². The van der Waals surface area contributed by atoms with Gasteiger partial charge in [0.15, 0.2) is 11.5 Å². The SMILES string of the molecule is CCOc1c(Cl)cc(C=CC(=O)Nc2ccc(NS(=O)(=O)CC)c(C)c2)cc1OC. The summed E-state index contributed by atoms with van der Waals surface area (Å²) in [6.07, 6.45) is 2.98. The van der Waals surface area contributed by atoms with E-state index in [4.69, 9.17) is 21.1 Å². The Bertz CT molecular complexity index is 1050. The molecule has 0 saturated carbocycles. The minimum Gasteiger partial charge on any atom is -0.493 e. The Hall–Kier alpha value is -2.71. The lowest BCUT2D eigenvalue weighted by Gasteiger charge is -2.12. The Labute approximate surface area is 182 Å². The maximum Gasteiger partial charge on any atom is 0.248 e. The highest BCUT2D eigenvalue weighted by Gasteiger charge is 2.11. The van der Waals surface area contributed by atoms with E-state index in [1.807, 2.05) is 6.92 Å². The molecule has 0 saturated heterocycles. The molecule has 0 atom stereocenters. The Balaban J connectivity index is 2.11. The molecule has 0 heterocycles. The Morgan fingerprint density at radius 2 is 1.93 bits per heavy atom. The van der Waals surface area contributed by atoms with Crippen molar-refractivity contribution in [2.45, 2.75) is 20.8 Å². The first-order chi connectivity index (χ1) is 14.2. The van der Waals surface area contributed by atoms with Gasteiger partial charge in [0.05, 0.1) is 30.2 Å². The van der Waals surface area contributed by atoms with Gasteiger partial charge in [-0.15, -0.1) is 0 Å². The summed E-state index contributed by atoms with van der Waals surface area (Å²) in [7, 11) is -1.85. The highest BCUT2D eigenvalue weighted by Crippen LogP contribution is 2.36. The minimum atomic E-state index is -3.36. The van der Waals surface area contributed by atoms with Gasteiger partial charge in [-0.1, -0.05) is 11.6 Å². The number of carbonyl (C=O) groups is 1. The number of hydrogen-bond acceptors (Lipinski definition) is 5. The molecule has 1 amide bonds. The van der Waals surface area contributed by atoms with E-state index in [0.29, 0.717) is 45.6 Å². The molecular formula is C21H25ClN2O5S. The van der Waals surface area contributed by atoms with E-state index < -0.39 is 10.0 Å². The number of ether oxygens (including phenoxy) is 2. The third-order valence-corrected chi connectivity index (χ3v) is 5.68. The van der Waals surface area contributed by atoms with E-state index in [9.17, 15) is 13.2 Å². The maximum absolute atomic E-state index is 12.3. The number of sulfonamides is 1. The summed E-state index contributed by atoms with van der Waals surface area (Å²) in [5.41, 5.74) is 2.39. The number of methoxy groups -OCH3 is 1. The molecule has 2 rings (SSSR count). The molecule has 7 nitrogen and oxygen atoms in total. The van der Waals surface area contributed by atoms with Crippen LogP contribution in [0.25, 0.3) is 6.08 Å². The molecule has 2 aromatic rings. The van der Waals surface area contributed by atoms with E-state index in [1.165, 1.54) is 13.2 Å². The first-order valence-electron chi connectivity index (χ1n) is 9.29. The highest BCUT2D eigenvalue weighted by atomic mass is 35.5. The van der Waals surface area contributed by atoms with Crippen LogP contribution >= 0.6 is 11.6 Å². The molecule has 2 aromatic carbocycles. The molecule has 9 heteroatoms. The van der Waals surface area contributed by atoms with Crippen molar-refractivity contribution in [3.63, 3.8) is 0 Å². The normalized spacial score (nSPS) is 11.4. The fourth-order valence-electron chi connectivity index (χ4n) is 2.57. The predicted octanol–water partition coefficient (Wildman–Crippen LogP) is 4.47. The summed E-state index contributed by atoms with van der Waals surface area (Å²) in [6.45, 7) is 5.62. The summed E-state index contributed by atoms with van der Waals surface area (Å²) in [4.78, 5) is 12.3. The Morgan fingerprint density at radius 3 is 2.53 bits per heavy atom. The molecule has 2 N–H and O–H groups in total. The third kappa shape index (κ3) is 6.40. The number of halogens is 1. The van der Waals surface area contributed by atoms with Crippen LogP contribution in [0.2, 0.25) is 5.02 Å². The smallest absolute Gasteiger partial charge is 0.248 e. The van der Waals surface area contributed by atoms with Crippen molar-refractivity contribution >= 4 is 45.0 Å². The highest BCUT2D eigenvalue weighted by molar-refractivity contribution is 7.92. The number of carbonyl (C=O) groups excluding carboxylic acids is 1. The maximum atomic E-state index is 12.3. The molecule has 162 valence electrons. The lowest BCUT2D eigenvalue weighted by molar-refractivity contribution is -0.111. The van der Waals surface area contributed by atoms with Crippen LogP contribution in [0.15, 0.2) is 36.4 Å². The second kappa shape index (κ2) is 10.4. The fraction of sp³-hybridized carbons (Fsp3) is 0.286. The van der Waals surface area contributed by atoms with Crippen LogP contribution in [0.5, 0.6) is 11.5 Å². The van der Waals surface area contributed by atoms with Crippen LogP contribution in [0, 0.1) is 6.92 Å². The zero-order valence-electron chi connectivity index (χ0n) is 17.3. The van der Waals surface area contributed by atoms with Crippen LogP contribution in [0.4, 0.5) is 11.4 Å². The zero-order chi connectivity index (χ0) is 22.3. The second-order valence-corrected chi connectivity index (χ2v) is 8.74. The van der Waals surface area contributed by atoms with Crippen molar-refractivity contribution in [3.8, 4) is 11.5 Å². The average Bonchev–Trinajstić information content (AvgIpc) is 2.70. The molecule has 0 spiro atoms. The van der Waals surface area contributed by atoms with Crippen molar-refractivity contribution in [1.82, 2.24) is 0 Å². The molecule has 0 aliphatic rings. The van der Waals surface area contributed by atoms with E-state index in [2.05, 4.69) is 10.0 Å². The Morgan fingerprint density at radius 1 is 1.20 bits per heavy atom. The molecule has 0 fully saturated rings. The molecule has 0 aromatic heterocycles. The van der Waals surface area contributed by atoms with Gasteiger partial charge in [0, 0.05) is 11.8 Å². The molecular weight excluding hydrogens is 428 g/mol. The van der Waals surface area contributed by atoms with Gasteiger partial charge >= 0.3 is 0 Å². The van der Waals surface area contributed by atoms with Crippen LogP contribution in [0.3, 0.4) is 0 Å². The lowest BCUT2D eigenvalue weighted by Crippen LogP contribution is -2.15. The quantitative estimate of drug-likeness (QED) is 0.547. The summed E-state index contributed by atoms with van der Waals surface area (Å²) in [5, 5.41) is 3.13. The van der Waals surface area contributed by atoms with Gasteiger partial charge in [-0.2, -0.15) is 0 Å². The van der Waals surface area contributed by atoms with Crippen molar-refractivity contribution in [2.75, 3.05) is 29.5 Å². The summed E-state index contributed by atoms with van der Waals surface area (Å²) >= 11 is 6.24. The number of nitrogens with one attached hydrogen (secondary N) is 2. The monoisotopic (exact) mass is 452 g/mol. The summed E-state index contributed by atoms with van der Waals surface area (Å²) in [6, 6.07) is 8.33. The van der Waals surface area contributed by atoms with Crippen molar-refractivity contribution in [1.29, 1.82) is 0 Å². The van der Waals surface area contributed by atoms with E-state index in [-0.39, 0.29) is 11.7 Å². The first kappa shape index (κ1) is 23.6. The first-order valence-corrected chi connectivity index (χ1v) is 11.3. The van der Waals surface area contributed by atoms with E-state index >= 15 is 0 Å². The minimum absolute atomic E-state index is 0.0178. The number of hydrogen-bond donors (Lipinski definition) is 2. The fourth-order valence-corrected chi connectivity index (χ4v) is 3.55.